The van der Waals surface area contributed by atoms with E-state index in [-0.39, 0.29) is 18.4 Å². The number of amides is 2. The molecule has 0 unspecified atom stereocenters. The van der Waals surface area contributed by atoms with Gasteiger partial charge >= 0.3 is 0 Å². The molecule has 0 saturated carbocycles. The zero-order valence-electron chi connectivity index (χ0n) is 13.6. The van der Waals surface area contributed by atoms with Crippen molar-refractivity contribution in [3.63, 3.8) is 0 Å². The van der Waals surface area contributed by atoms with E-state index in [1.165, 1.54) is 0 Å². The summed E-state index contributed by atoms with van der Waals surface area (Å²) in [6, 6.07) is 7.04. The highest BCUT2D eigenvalue weighted by molar-refractivity contribution is 5.90. The van der Waals surface area contributed by atoms with Crippen LogP contribution in [0.2, 0.25) is 0 Å². The smallest absolute Gasteiger partial charge is 0.257 e. The third-order valence-corrected chi connectivity index (χ3v) is 4.03. The van der Waals surface area contributed by atoms with Crippen LogP contribution in [-0.2, 0) is 9.59 Å². The highest BCUT2D eigenvalue weighted by Gasteiger charge is 2.14. The van der Waals surface area contributed by atoms with Crippen LogP contribution in [0.3, 0.4) is 0 Å². The average Bonchev–Trinajstić information content (AvgIpc) is 2.60. The number of rotatable bonds is 7. The van der Waals surface area contributed by atoms with E-state index in [1.807, 2.05) is 0 Å². The van der Waals surface area contributed by atoms with Crippen molar-refractivity contribution in [1.29, 1.82) is 0 Å². The topological polar surface area (TPSA) is 79.5 Å². The Balaban J connectivity index is 1.71. The van der Waals surface area contributed by atoms with Gasteiger partial charge in [0.25, 0.3) is 5.91 Å². The Hall–Kier alpha value is -2.08. The standard InChI is InChI=1S/C17H25N3O3/c1-18-17(22)12-23-15-5-3-14(4-6-15)20-16(21)7-2-13-8-10-19-11-9-13/h3-6,13,19H,2,7-12H2,1H3,(H,18,22)(H,20,21). The molecule has 1 saturated heterocycles. The van der Waals surface area contributed by atoms with E-state index in [1.54, 1.807) is 31.3 Å². The van der Waals surface area contributed by atoms with Crippen molar-refractivity contribution in [3.8, 4) is 5.75 Å². The molecule has 6 nitrogen and oxygen atoms in total. The maximum absolute atomic E-state index is 12.0. The quantitative estimate of drug-likeness (QED) is 0.712. The molecule has 0 bridgehead atoms. The number of piperidine rings is 1. The summed E-state index contributed by atoms with van der Waals surface area (Å²) in [5, 5.41) is 8.72. The molecule has 6 heteroatoms. The number of carbonyl (C=O) groups is 2. The summed E-state index contributed by atoms with van der Waals surface area (Å²) < 4.78 is 5.31. The number of likely N-dealkylation sites (N-methyl/N-ethyl adjacent to an activating group) is 1. The average molecular weight is 319 g/mol. The van der Waals surface area contributed by atoms with E-state index < -0.39 is 0 Å². The van der Waals surface area contributed by atoms with Gasteiger partial charge in [-0.3, -0.25) is 9.59 Å². The van der Waals surface area contributed by atoms with Crippen molar-refractivity contribution < 1.29 is 14.3 Å². The SMILES string of the molecule is CNC(=O)COc1ccc(NC(=O)CCC2CCNCC2)cc1. The van der Waals surface area contributed by atoms with Gasteiger partial charge in [-0.05, 0) is 62.5 Å². The van der Waals surface area contributed by atoms with Crippen LogP contribution in [0.1, 0.15) is 25.7 Å². The summed E-state index contributed by atoms with van der Waals surface area (Å²) in [7, 11) is 1.56. The molecule has 1 fully saturated rings. The molecule has 0 radical (unpaired) electrons. The lowest BCUT2D eigenvalue weighted by molar-refractivity contribution is -0.122. The van der Waals surface area contributed by atoms with Crippen LogP contribution in [0.4, 0.5) is 5.69 Å². The van der Waals surface area contributed by atoms with Crippen LogP contribution < -0.4 is 20.7 Å². The fourth-order valence-electron chi connectivity index (χ4n) is 2.58. The van der Waals surface area contributed by atoms with Gasteiger partial charge in [-0.25, -0.2) is 0 Å². The fraction of sp³-hybridized carbons (Fsp3) is 0.529. The van der Waals surface area contributed by atoms with E-state index in [9.17, 15) is 9.59 Å². The minimum atomic E-state index is -0.180. The van der Waals surface area contributed by atoms with E-state index in [4.69, 9.17) is 4.74 Å². The van der Waals surface area contributed by atoms with Gasteiger partial charge in [-0.1, -0.05) is 0 Å². The zero-order valence-corrected chi connectivity index (χ0v) is 13.6. The van der Waals surface area contributed by atoms with Crippen LogP contribution in [0.25, 0.3) is 0 Å². The molecule has 1 aromatic carbocycles. The molecule has 0 atom stereocenters. The van der Waals surface area contributed by atoms with Gasteiger partial charge < -0.3 is 20.7 Å². The maximum Gasteiger partial charge on any atom is 0.257 e. The Morgan fingerprint density at radius 3 is 2.52 bits per heavy atom. The molecule has 0 aromatic heterocycles. The predicted octanol–water partition coefficient (Wildman–Crippen LogP) is 1.53. The van der Waals surface area contributed by atoms with E-state index in [2.05, 4.69) is 16.0 Å². The summed E-state index contributed by atoms with van der Waals surface area (Å²) in [6.07, 6.45) is 3.82. The number of ether oxygens (including phenoxy) is 1. The van der Waals surface area contributed by atoms with Crippen molar-refractivity contribution in [3.05, 3.63) is 24.3 Å². The largest absolute Gasteiger partial charge is 0.484 e. The summed E-state index contributed by atoms with van der Waals surface area (Å²) in [5.74, 6) is 1.12. The first kappa shape index (κ1) is 17.3. The van der Waals surface area contributed by atoms with E-state index in [0.29, 0.717) is 18.1 Å². The number of carbonyl (C=O) groups excluding carboxylic acids is 2. The third-order valence-electron chi connectivity index (χ3n) is 4.03. The highest BCUT2D eigenvalue weighted by atomic mass is 16.5. The van der Waals surface area contributed by atoms with Gasteiger partial charge in [-0.2, -0.15) is 0 Å². The van der Waals surface area contributed by atoms with Gasteiger partial charge in [0.2, 0.25) is 5.91 Å². The Labute approximate surface area is 137 Å². The Morgan fingerprint density at radius 2 is 1.87 bits per heavy atom. The molecule has 126 valence electrons. The Kier molecular flexibility index (Phi) is 6.87. The van der Waals surface area contributed by atoms with E-state index >= 15 is 0 Å². The molecule has 2 amide bonds. The minimum absolute atomic E-state index is 0.0154. The van der Waals surface area contributed by atoms with E-state index in [0.717, 1.165) is 38.0 Å². The third kappa shape index (κ3) is 6.28. The fourth-order valence-corrected chi connectivity index (χ4v) is 2.58. The number of benzene rings is 1. The number of anilines is 1. The molecule has 3 N–H and O–H groups in total. The molecule has 1 heterocycles. The van der Waals surface area contributed by atoms with Crippen LogP contribution in [0.15, 0.2) is 24.3 Å². The zero-order chi connectivity index (χ0) is 16.5. The summed E-state index contributed by atoms with van der Waals surface area (Å²) in [5.41, 5.74) is 0.743. The lowest BCUT2D eigenvalue weighted by Crippen LogP contribution is -2.28. The number of nitrogens with one attached hydrogen (secondary N) is 3. The molecule has 23 heavy (non-hydrogen) atoms. The second kappa shape index (κ2) is 9.15. The second-order valence-electron chi connectivity index (χ2n) is 5.77. The molecule has 2 rings (SSSR count). The summed E-state index contributed by atoms with van der Waals surface area (Å²) >= 11 is 0. The van der Waals surface area contributed by atoms with Crippen LogP contribution in [0.5, 0.6) is 5.75 Å². The van der Waals surface area contributed by atoms with Crippen molar-refractivity contribution in [2.45, 2.75) is 25.7 Å². The highest BCUT2D eigenvalue weighted by Crippen LogP contribution is 2.19. The predicted molar refractivity (Wildman–Crippen MR) is 89.5 cm³/mol. The van der Waals surface area contributed by atoms with Crippen molar-refractivity contribution >= 4 is 17.5 Å². The lowest BCUT2D eigenvalue weighted by atomic mass is 9.93. The summed E-state index contributed by atoms with van der Waals surface area (Å²) in [4.78, 5) is 23.1. The molecule has 1 aliphatic heterocycles. The molecular formula is C17H25N3O3. The van der Waals surface area contributed by atoms with Gasteiger partial charge in [0, 0.05) is 19.2 Å². The molecule has 0 aliphatic carbocycles. The molecule has 1 aliphatic rings. The molecular weight excluding hydrogens is 294 g/mol. The molecule has 1 aromatic rings. The van der Waals surface area contributed by atoms with Gasteiger partial charge in [-0.15, -0.1) is 0 Å². The van der Waals surface area contributed by atoms with Crippen molar-refractivity contribution in [1.82, 2.24) is 10.6 Å². The lowest BCUT2D eigenvalue weighted by Gasteiger charge is -2.22. The van der Waals surface area contributed by atoms with Crippen molar-refractivity contribution in [2.75, 3.05) is 32.1 Å². The second-order valence-corrected chi connectivity index (χ2v) is 5.77. The van der Waals surface area contributed by atoms with Crippen LogP contribution in [0, 0.1) is 5.92 Å². The minimum Gasteiger partial charge on any atom is -0.484 e. The van der Waals surface area contributed by atoms with Crippen LogP contribution in [-0.4, -0.2) is 38.6 Å². The normalized spacial score (nSPS) is 15.0. The first-order valence-electron chi connectivity index (χ1n) is 8.11. The Bertz CT molecular complexity index is 510. The number of hydrogen-bond acceptors (Lipinski definition) is 4. The van der Waals surface area contributed by atoms with Crippen molar-refractivity contribution in [2.24, 2.45) is 5.92 Å². The Morgan fingerprint density at radius 1 is 1.17 bits per heavy atom. The van der Waals surface area contributed by atoms with Gasteiger partial charge in [0.1, 0.15) is 5.75 Å². The monoisotopic (exact) mass is 319 g/mol. The number of hydrogen-bond donors (Lipinski definition) is 3. The van der Waals surface area contributed by atoms with Gasteiger partial charge in [0.05, 0.1) is 0 Å². The van der Waals surface area contributed by atoms with Gasteiger partial charge in [0.15, 0.2) is 6.61 Å². The maximum atomic E-state index is 12.0. The summed E-state index contributed by atoms with van der Waals surface area (Å²) in [6.45, 7) is 2.10. The first-order chi connectivity index (χ1) is 11.2. The first-order valence-corrected chi connectivity index (χ1v) is 8.11. The molecule has 0 spiro atoms. The van der Waals surface area contributed by atoms with Crippen LogP contribution >= 0.6 is 0 Å².